The molecule has 0 spiro atoms. The predicted octanol–water partition coefficient (Wildman–Crippen LogP) is 3.53. The molecule has 102 valence electrons. The molecule has 4 nitrogen and oxygen atoms in total. The van der Waals surface area contributed by atoms with Crippen LogP contribution in [0.3, 0.4) is 0 Å². The van der Waals surface area contributed by atoms with E-state index in [4.69, 9.17) is 0 Å². The summed E-state index contributed by atoms with van der Waals surface area (Å²) in [4.78, 5) is 11.8. The number of hydrogen-bond donors (Lipinski definition) is 1. The van der Waals surface area contributed by atoms with Gasteiger partial charge in [0.1, 0.15) is 11.6 Å². The Hall–Kier alpha value is -2.50. The van der Waals surface area contributed by atoms with Crippen LogP contribution in [0, 0.1) is 6.92 Å². The van der Waals surface area contributed by atoms with Crippen LogP contribution in [0.2, 0.25) is 0 Å². The normalized spacial score (nSPS) is 11.2. The molecule has 0 aliphatic heterocycles. The highest BCUT2D eigenvalue weighted by molar-refractivity contribution is 5.76. The third-order valence-corrected chi connectivity index (χ3v) is 2.84. The molecule has 2 aromatic heterocycles. The Bertz CT molecular complexity index is 738. The third kappa shape index (κ3) is 2.45. The zero-order chi connectivity index (χ0) is 14.1. The maximum Gasteiger partial charge on any atom is 0.387 e. The predicted molar refractivity (Wildman–Crippen MR) is 70.7 cm³/mol. The standard InChI is InChI=1S/C14H11F2N3O/c1-8-2-7-11-13(17-8)19-12(18-11)9-3-5-10(6-4-9)20-14(15)16/h2-7,14H,1H3,(H,17,18,19). The summed E-state index contributed by atoms with van der Waals surface area (Å²) in [6, 6.07) is 10.1. The van der Waals surface area contributed by atoms with E-state index in [2.05, 4.69) is 19.7 Å². The molecule has 0 bridgehead atoms. The molecule has 3 aromatic rings. The Morgan fingerprint density at radius 3 is 2.50 bits per heavy atom. The Balaban J connectivity index is 1.94. The van der Waals surface area contributed by atoms with Crippen molar-refractivity contribution in [2.24, 2.45) is 0 Å². The largest absolute Gasteiger partial charge is 0.435 e. The number of rotatable bonds is 3. The number of H-pyrrole nitrogens is 1. The van der Waals surface area contributed by atoms with Crippen LogP contribution in [0.4, 0.5) is 8.78 Å². The minimum Gasteiger partial charge on any atom is -0.435 e. The van der Waals surface area contributed by atoms with Gasteiger partial charge >= 0.3 is 6.61 Å². The summed E-state index contributed by atoms with van der Waals surface area (Å²) in [5.41, 5.74) is 3.13. The Kier molecular flexibility index (Phi) is 3.06. The van der Waals surface area contributed by atoms with Crippen LogP contribution < -0.4 is 4.74 Å². The molecule has 0 saturated heterocycles. The van der Waals surface area contributed by atoms with E-state index in [1.807, 2.05) is 19.1 Å². The molecule has 0 unspecified atom stereocenters. The first kappa shape index (κ1) is 12.5. The van der Waals surface area contributed by atoms with Crippen molar-refractivity contribution < 1.29 is 13.5 Å². The van der Waals surface area contributed by atoms with Crippen molar-refractivity contribution in [1.29, 1.82) is 0 Å². The second-order valence-corrected chi connectivity index (χ2v) is 4.31. The first-order valence-electron chi connectivity index (χ1n) is 6.00. The van der Waals surface area contributed by atoms with E-state index in [9.17, 15) is 8.78 Å². The molecule has 20 heavy (non-hydrogen) atoms. The fraction of sp³-hybridized carbons (Fsp3) is 0.143. The van der Waals surface area contributed by atoms with Crippen LogP contribution in [0.25, 0.3) is 22.6 Å². The number of ether oxygens (including phenoxy) is 1. The summed E-state index contributed by atoms with van der Waals surface area (Å²) in [6.07, 6.45) is 0. The Morgan fingerprint density at radius 2 is 1.80 bits per heavy atom. The highest BCUT2D eigenvalue weighted by atomic mass is 19.3. The maximum absolute atomic E-state index is 12.1. The van der Waals surface area contributed by atoms with Gasteiger partial charge in [-0.3, -0.25) is 0 Å². The van der Waals surface area contributed by atoms with Gasteiger partial charge in [0, 0.05) is 11.3 Å². The molecule has 3 rings (SSSR count). The van der Waals surface area contributed by atoms with Gasteiger partial charge < -0.3 is 9.72 Å². The summed E-state index contributed by atoms with van der Waals surface area (Å²) in [5, 5.41) is 0. The number of imidazole rings is 1. The summed E-state index contributed by atoms with van der Waals surface area (Å²) in [5.74, 6) is 0.760. The molecule has 2 heterocycles. The van der Waals surface area contributed by atoms with Crippen molar-refractivity contribution in [3.05, 3.63) is 42.1 Å². The monoisotopic (exact) mass is 275 g/mol. The highest BCUT2D eigenvalue weighted by Gasteiger charge is 2.08. The smallest absolute Gasteiger partial charge is 0.387 e. The van der Waals surface area contributed by atoms with Gasteiger partial charge in [-0.25, -0.2) is 9.97 Å². The van der Waals surface area contributed by atoms with Gasteiger partial charge in [-0.15, -0.1) is 0 Å². The molecule has 0 saturated carbocycles. The van der Waals surface area contributed by atoms with E-state index in [1.165, 1.54) is 12.1 Å². The number of pyridine rings is 1. The zero-order valence-corrected chi connectivity index (χ0v) is 10.6. The first-order chi connectivity index (χ1) is 9.61. The maximum atomic E-state index is 12.1. The first-order valence-corrected chi connectivity index (χ1v) is 6.00. The fourth-order valence-corrected chi connectivity index (χ4v) is 1.92. The number of alkyl halides is 2. The third-order valence-electron chi connectivity index (χ3n) is 2.84. The van der Waals surface area contributed by atoms with Gasteiger partial charge in [-0.2, -0.15) is 8.78 Å². The van der Waals surface area contributed by atoms with Gasteiger partial charge in [0.2, 0.25) is 0 Å². The molecule has 0 atom stereocenters. The number of hydrogen-bond acceptors (Lipinski definition) is 3. The summed E-state index contributed by atoms with van der Waals surface area (Å²) in [6.45, 7) is -0.927. The summed E-state index contributed by atoms with van der Waals surface area (Å²) >= 11 is 0. The average Bonchev–Trinajstić information content (AvgIpc) is 2.81. The molecule has 6 heteroatoms. The number of nitrogens with one attached hydrogen (secondary N) is 1. The minimum absolute atomic E-state index is 0.119. The molecule has 1 N–H and O–H groups in total. The second-order valence-electron chi connectivity index (χ2n) is 4.31. The number of benzene rings is 1. The molecule has 1 aromatic carbocycles. The van der Waals surface area contributed by atoms with Crippen molar-refractivity contribution in [3.63, 3.8) is 0 Å². The van der Waals surface area contributed by atoms with E-state index >= 15 is 0 Å². The van der Waals surface area contributed by atoms with Crippen LogP contribution in [-0.2, 0) is 0 Å². The summed E-state index contributed by atoms with van der Waals surface area (Å²) in [7, 11) is 0. The van der Waals surface area contributed by atoms with Gasteiger partial charge in [-0.1, -0.05) is 0 Å². The number of fused-ring (bicyclic) bond motifs is 1. The molecule has 0 radical (unpaired) electrons. The number of aromatic amines is 1. The van der Waals surface area contributed by atoms with Crippen LogP contribution in [0.1, 0.15) is 5.69 Å². The van der Waals surface area contributed by atoms with Crippen molar-refractivity contribution in [1.82, 2.24) is 15.0 Å². The van der Waals surface area contributed by atoms with Crippen LogP contribution in [-0.4, -0.2) is 21.6 Å². The lowest BCUT2D eigenvalue weighted by molar-refractivity contribution is -0.0498. The molecular weight excluding hydrogens is 264 g/mol. The molecule has 0 aliphatic carbocycles. The van der Waals surface area contributed by atoms with Gasteiger partial charge in [0.15, 0.2) is 5.65 Å². The highest BCUT2D eigenvalue weighted by Crippen LogP contribution is 2.23. The lowest BCUT2D eigenvalue weighted by atomic mass is 10.2. The molecule has 0 fully saturated rings. The molecule has 0 aliphatic rings. The SMILES string of the molecule is Cc1ccc2[nH]c(-c3ccc(OC(F)F)cc3)nc2n1. The zero-order valence-electron chi connectivity index (χ0n) is 10.6. The number of aromatic nitrogens is 3. The Morgan fingerprint density at radius 1 is 1.05 bits per heavy atom. The van der Waals surface area contributed by atoms with E-state index < -0.39 is 6.61 Å². The number of nitrogens with zero attached hydrogens (tertiary/aromatic N) is 2. The number of aryl methyl sites for hydroxylation is 1. The second kappa shape index (κ2) is 4.88. The van der Waals surface area contributed by atoms with Crippen molar-refractivity contribution >= 4 is 11.2 Å². The van der Waals surface area contributed by atoms with Gasteiger partial charge in [0.05, 0.1) is 5.52 Å². The van der Waals surface area contributed by atoms with Crippen LogP contribution >= 0.6 is 0 Å². The topological polar surface area (TPSA) is 50.8 Å². The Labute approximate surface area is 113 Å². The number of halogens is 2. The van der Waals surface area contributed by atoms with Crippen LogP contribution in [0.15, 0.2) is 36.4 Å². The van der Waals surface area contributed by atoms with Crippen molar-refractivity contribution in [2.45, 2.75) is 13.5 Å². The van der Waals surface area contributed by atoms with Crippen molar-refractivity contribution in [2.75, 3.05) is 0 Å². The average molecular weight is 275 g/mol. The lowest BCUT2D eigenvalue weighted by Gasteiger charge is -2.04. The summed E-state index contributed by atoms with van der Waals surface area (Å²) < 4.78 is 28.4. The fourth-order valence-electron chi connectivity index (χ4n) is 1.92. The van der Waals surface area contributed by atoms with E-state index in [-0.39, 0.29) is 5.75 Å². The lowest BCUT2D eigenvalue weighted by Crippen LogP contribution is -2.01. The van der Waals surface area contributed by atoms with Gasteiger partial charge in [-0.05, 0) is 43.3 Å². The van der Waals surface area contributed by atoms with E-state index in [1.54, 1.807) is 12.1 Å². The van der Waals surface area contributed by atoms with E-state index in [0.717, 1.165) is 16.8 Å². The van der Waals surface area contributed by atoms with E-state index in [0.29, 0.717) is 11.5 Å². The van der Waals surface area contributed by atoms with Crippen LogP contribution in [0.5, 0.6) is 5.75 Å². The molecular formula is C14H11F2N3O. The molecule has 0 amide bonds. The quantitative estimate of drug-likeness (QED) is 0.795. The van der Waals surface area contributed by atoms with Gasteiger partial charge in [0.25, 0.3) is 0 Å². The van der Waals surface area contributed by atoms with Crippen molar-refractivity contribution in [3.8, 4) is 17.1 Å². The minimum atomic E-state index is -2.82.